The number of fused-ring (bicyclic) bond motifs is 2. The van der Waals surface area contributed by atoms with Crippen LogP contribution >= 0.6 is 15.9 Å². The topological polar surface area (TPSA) is 63.9 Å². The summed E-state index contributed by atoms with van der Waals surface area (Å²) in [6, 6.07) is 13.4. The number of hydrogen-bond donors (Lipinski definition) is 1. The molecule has 27 heavy (non-hydrogen) atoms. The summed E-state index contributed by atoms with van der Waals surface area (Å²) in [5.41, 5.74) is 2.97. The number of hydrogen-bond acceptors (Lipinski definition) is 5. The number of carbonyl (C=O) groups excluding carboxylic acids is 1. The molecular weight excluding hydrogens is 412 g/mol. The first kappa shape index (κ1) is 19.7. The number of carbonyl (C=O) groups is 1. The second-order valence-corrected chi connectivity index (χ2v) is 7.08. The Bertz CT molecular complexity index is 821. The van der Waals surface area contributed by atoms with Crippen LogP contribution in [-0.4, -0.2) is 37.3 Å². The van der Waals surface area contributed by atoms with E-state index < -0.39 is 0 Å². The minimum atomic E-state index is -0.222. The Morgan fingerprint density at radius 3 is 2.41 bits per heavy atom. The Morgan fingerprint density at radius 1 is 1.22 bits per heavy atom. The van der Waals surface area contributed by atoms with Gasteiger partial charge in [0.15, 0.2) is 0 Å². The van der Waals surface area contributed by atoms with Gasteiger partial charge in [-0.05, 0) is 61.4 Å². The second-order valence-electron chi connectivity index (χ2n) is 6.16. The Balaban J connectivity index is 0.000000246. The van der Waals surface area contributed by atoms with Crippen LogP contribution in [0.3, 0.4) is 0 Å². The van der Waals surface area contributed by atoms with Gasteiger partial charge >= 0.3 is 0 Å². The minimum Gasteiger partial charge on any atom is -0.497 e. The molecule has 1 aromatic carbocycles. The molecule has 1 unspecified atom stereocenters. The first-order valence-corrected chi connectivity index (χ1v) is 9.67. The van der Waals surface area contributed by atoms with E-state index in [0.29, 0.717) is 19.7 Å². The average molecular weight is 435 g/mol. The number of rotatable bonds is 6. The molecule has 0 spiro atoms. The largest absolute Gasteiger partial charge is 0.497 e. The summed E-state index contributed by atoms with van der Waals surface area (Å²) in [5.74, 6) is 0.808. The molecule has 1 amide bonds. The fourth-order valence-corrected chi connectivity index (χ4v) is 3.51. The lowest BCUT2D eigenvalue weighted by Gasteiger charge is -2.25. The van der Waals surface area contributed by atoms with E-state index >= 15 is 0 Å². The van der Waals surface area contributed by atoms with Crippen LogP contribution in [0.25, 0.3) is 11.2 Å². The van der Waals surface area contributed by atoms with Crippen molar-refractivity contribution >= 4 is 33.0 Å². The Kier molecular flexibility index (Phi) is 6.71. The maximum atomic E-state index is 11.8. The molecule has 3 heterocycles. The van der Waals surface area contributed by atoms with Gasteiger partial charge in [-0.15, -0.1) is 0 Å². The molecular formula is C20H23BrN2O4. The first-order chi connectivity index (χ1) is 13.1. The quantitative estimate of drug-likeness (QED) is 0.594. The van der Waals surface area contributed by atoms with E-state index in [1.165, 1.54) is 0 Å². The fraction of sp³-hybridized carbons (Fsp3) is 0.350. The van der Waals surface area contributed by atoms with E-state index in [9.17, 15) is 4.79 Å². The fourth-order valence-electron chi connectivity index (χ4n) is 2.99. The van der Waals surface area contributed by atoms with Crippen molar-refractivity contribution < 1.29 is 18.8 Å². The summed E-state index contributed by atoms with van der Waals surface area (Å²) in [6.07, 6.45) is 0.768. The number of ether oxygens (including phenoxy) is 1. The van der Waals surface area contributed by atoms with Gasteiger partial charge in [0.2, 0.25) is 5.91 Å². The molecule has 1 N–H and O–H groups in total. The van der Waals surface area contributed by atoms with Crippen molar-refractivity contribution in [2.24, 2.45) is 0 Å². The van der Waals surface area contributed by atoms with Crippen molar-refractivity contribution in [1.82, 2.24) is 10.4 Å². The monoisotopic (exact) mass is 434 g/mol. The lowest BCUT2D eigenvalue weighted by atomic mass is 10.2. The van der Waals surface area contributed by atoms with Crippen molar-refractivity contribution in [3.05, 3.63) is 52.5 Å². The zero-order valence-corrected chi connectivity index (χ0v) is 17.0. The van der Waals surface area contributed by atoms with Gasteiger partial charge < -0.3 is 14.5 Å². The Hall–Kier alpha value is -2.09. The van der Waals surface area contributed by atoms with Crippen LogP contribution in [0.2, 0.25) is 0 Å². The summed E-state index contributed by atoms with van der Waals surface area (Å²) >= 11 is 3.46. The molecule has 1 aliphatic heterocycles. The molecule has 0 saturated carbocycles. The van der Waals surface area contributed by atoms with Gasteiger partial charge in [-0.2, -0.15) is 5.06 Å². The van der Waals surface area contributed by atoms with Gasteiger partial charge in [-0.25, -0.2) is 0 Å². The van der Waals surface area contributed by atoms with E-state index in [1.54, 1.807) is 12.2 Å². The van der Waals surface area contributed by atoms with Crippen molar-refractivity contribution in [2.45, 2.75) is 25.9 Å². The summed E-state index contributed by atoms with van der Waals surface area (Å²) in [6.45, 7) is 3.70. The van der Waals surface area contributed by atoms with Crippen LogP contribution < -0.4 is 10.1 Å². The molecule has 1 fully saturated rings. The predicted molar refractivity (Wildman–Crippen MR) is 107 cm³/mol. The number of methoxy groups -OCH3 is 1. The first-order valence-electron chi connectivity index (χ1n) is 8.87. The smallest absolute Gasteiger partial charge is 0.239 e. The number of benzene rings is 2. The lowest BCUT2D eigenvalue weighted by molar-refractivity contribution is -0.190. The maximum Gasteiger partial charge on any atom is 0.239 e. The van der Waals surface area contributed by atoms with Crippen molar-refractivity contribution in [1.29, 1.82) is 0 Å². The number of hydroxylamine groups is 2. The third-order valence-corrected chi connectivity index (χ3v) is 4.68. The molecule has 7 heteroatoms. The van der Waals surface area contributed by atoms with E-state index in [0.717, 1.165) is 33.4 Å². The van der Waals surface area contributed by atoms with Gasteiger partial charge in [-0.3, -0.25) is 9.63 Å². The third kappa shape index (κ3) is 5.22. The van der Waals surface area contributed by atoms with Crippen LogP contribution in [0.1, 0.15) is 18.9 Å². The molecule has 4 rings (SSSR count). The van der Waals surface area contributed by atoms with Gasteiger partial charge in [0, 0.05) is 11.0 Å². The summed E-state index contributed by atoms with van der Waals surface area (Å²) in [5, 5.41) is 4.59. The van der Waals surface area contributed by atoms with Gasteiger partial charge in [0.1, 0.15) is 23.0 Å². The average Bonchev–Trinajstić information content (AvgIpc) is 3.40. The van der Waals surface area contributed by atoms with E-state index in [-0.39, 0.29) is 11.9 Å². The lowest BCUT2D eigenvalue weighted by Crippen LogP contribution is -2.40. The molecule has 1 saturated heterocycles. The van der Waals surface area contributed by atoms with Crippen LogP contribution in [0.4, 0.5) is 0 Å². The SMILES string of the molecule is CCON(Cc1cc(Br)cc(OC)c1)C1CCNC1=O.c1cc2ccc1o2. The standard InChI is InChI=1S/C14H19BrN2O3.C6H4O/c1-3-20-17(13-4-5-16-14(13)18)9-10-6-11(15)8-12(7-10)19-2;1-2-6-4-3-5(1)7-6/h6-8,13H,3-5,9H2,1-2H3,(H,16,18);1-4H. The molecule has 0 radical (unpaired) electrons. The molecule has 3 aromatic rings. The number of halogens is 1. The van der Waals surface area contributed by atoms with E-state index in [1.807, 2.05) is 49.4 Å². The molecule has 1 atom stereocenters. The van der Waals surface area contributed by atoms with Crippen LogP contribution in [0, 0.1) is 0 Å². The Morgan fingerprint density at radius 2 is 1.93 bits per heavy atom. The summed E-state index contributed by atoms with van der Waals surface area (Å²) in [7, 11) is 1.64. The van der Waals surface area contributed by atoms with Crippen LogP contribution in [-0.2, 0) is 16.2 Å². The van der Waals surface area contributed by atoms with Crippen molar-refractivity contribution in [3.63, 3.8) is 0 Å². The molecule has 2 bridgehead atoms. The van der Waals surface area contributed by atoms with Gasteiger partial charge in [0.25, 0.3) is 0 Å². The van der Waals surface area contributed by atoms with Gasteiger partial charge in [0.05, 0.1) is 20.3 Å². The Labute approximate surface area is 166 Å². The van der Waals surface area contributed by atoms with E-state index in [4.69, 9.17) is 14.0 Å². The summed E-state index contributed by atoms with van der Waals surface area (Å²) in [4.78, 5) is 17.4. The van der Waals surface area contributed by atoms with Crippen molar-refractivity contribution in [2.75, 3.05) is 20.3 Å². The second kappa shape index (κ2) is 9.21. The minimum absolute atomic E-state index is 0.0282. The molecule has 0 aliphatic carbocycles. The van der Waals surface area contributed by atoms with Gasteiger partial charge in [-0.1, -0.05) is 15.9 Å². The number of furan rings is 2. The van der Waals surface area contributed by atoms with Crippen molar-refractivity contribution in [3.8, 4) is 5.75 Å². The zero-order chi connectivity index (χ0) is 19.2. The highest BCUT2D eigenvalue weighted by Crippen LogP contribution is 2.23. The zero-order valence-electron chi connectivity index (χ0n) is 15.4. The molecule has 2 aromatic heterocycles. The number of amides is 1. The number of nitrogens with one attached hydrogen (secondary N) is 1. The summed E-state index contributed by atoms with van der Waals surface area (Å²) < 4.78 is 11.3. The van der Waals surface area contributed by atoms with E-state index in [2.05, 4.69) is 21.2 Å². The predicted octanol–water partition coefficient (Wildman–Crippen LogP) is 3.97. The van der Waals surface area contributed by atoms with Crippen LogP contribution in [0.15, 0.2) is 51.4 Å². The van der Waals surface area contributed by atoms with Crippen LogP contribution in [0.5, 0.6) is 5.75 Å². The number of nitrogens with zero attached hydrogens (tertiary/aromatic N) is 1. The molecule has 1 aliphatic rings. The molecule has 6 nitrogen and oxygen atoms in total. The normalized spacial score (nSPS) is 16.4. The highest BCUT2D eigenvalue weighted by molar-refractivity contribution is 9.10. The molecule has 144 valence electrons. The highest BCUT2D eigenvalue weighted by Gasteiger charge is 2.31. The maximum absolute atomic E-state index is 11.8. The third-order valence-electron chi connectivity index (χ3n) is 4.23. The highest BCUT2D eigenvalue weighted by atomic mass is 79.9.